The monoisotopic (exact) mass is 256 g/mol. The highest BCUT2D eigenvalue weighted by Gasteiger charge is 2.07. The van der Waals surface area contributed by atoms with Gasteiger partial charge >= 0.3 is 11.4 Å². The van der Waals surface area contributed by atoms with E-state index in [4.69, 9.17) is 0 Å². The maximum atomic E-state index is 11.2. The molecule has 0 saturated heterocycles. The van der Waals surface area contributed by atoms with Crippen molar-refractivity contribution in [1.29, 1.82) is 0 Å². The van der Waals surface area contributed by atoms with Crippen LogP contribution in [0.2, 0.25) is 0 Å². The van der Waals surface area contributed by atoms with Gasteiger partial charge in [0.05, 0.1) is 0 Å². The van der Waals surface area contributed by atoms with Gasteiger partial charge in [-0.2, -0.15) is 0 Å². The Bertz CT molecular complexity index is 614. The Morgan fingerprint density at radius 1 is 1.43 bits per heavy atom. The van der Waals surface area contributed by atoms with Gasteiger partial charge in [-0.1, -0.05) is 0 Å². The molecule has 0 aliphatic carbocycles. The third-order valence-electron chi connectivity index (χ3n) is 1.83. The second-order valence-corrected chi connectivity index (χ2v) is 3.53. The molecule has 0 saturated carbocycles. The van der Waals surface area contributed by atoms with Crippen molar-refractivity contribution >= 4 is 27.0 Å². The lowest BCUT2D eigenvalue weighted by atomic mass is 10.3. The molecule has 5 nitrogen and oxygen atoms in total. The third-order valence-corrected chi connectivity index (χ3v) is 2.27. The number of pyridine rings is 1. The number of fused-ring (bicyclic) bond motifs is 1. The Hall–Kier alpha value is -1.43. The second kappa shape index (κ2) is 3.06. The van der Waals surface area contributed by atoms with Crippen molar-refractivity contribution in [3.8, 4) is 0 Å². The molecule has 0 fully saturated rings. The van der Waals surface area contributed by atoms with Crippen LogP contribution in [0.25, 0.3) is 11.0 Å². The van der Waals surface area contributed by atoms with Gasteiger partial charge in [0.2, 0.25) is 0 Å². The molecule has 14 heavy (non-hydrogen) atoms. The zero-order valence-corrected chi connectivity index (χ0v) is 8.74. The van der Waals surface area contributed by atoms with E-state index in [0.717, 1.165) is 0 Å². The highest BCUT2D eigenvalue weighted by molar-refractivity contribution is 9.10. The molecule has 0 spiro atoms. The van der Waals surface area contributed by atoms with Crippen molar-refractivity contribution in [2.24, 2.45) is 7.05 Å². The smallest absolute Gasteiger partial charge is 0.372 e. The van der Waals surface area contributed by atoms with Gasteiger partial charge in [-0.3, -0.25) is 4.57 Å². The minimum absolute atomic E-state index is 0.287. The van der Waals surface area contributed by atoms with Crippen molar-refractivity contribution in [2.75, 3.05) is 0 Å². The van der Waals surface area contributed by atoms with Gasteiger partial charge in [-0.05, 0) is 28.1 Å². The third kappa shape index (κ3) is 1.27. The van der Waals surface area contributed by atoms with Crippen molar-refractivity contribution in [3.05, 3.63) is 37.7 Å². The van der Waals surface area contributed by atoms with E-state index in [1.807, 2.05) is 0 Å². The first-order chi connectivity index (χ1) is 6.59. The molecular formula is C8H5BrN2O3. The highest BCUT2D eigenvalue weighted by Crippen LogP contribution is 2.10. The summed E-state index contributed by atoms with van der Waals surface area (Å²) in [6.45, 7) is 0. The number of hydrogen-bond donors (Lipinski definition) is 0. The summed E-state index contributed by atoms with van der Waals surface area (Å²) in [5.41, 5.74) is -0.358. The van der Waals surface area contributed by atoms with Crippen molar-refractivity contribution in [2.45, 2.75) is 0 Å². The molecule has 2 rings (SSSR count). The van der Waals surface area contributed by atoms with E-state index in [0.29, 0.717) is 10.3 Å². The highest BCUT2D eigenvalue weighted by atomic mass is 79.9. The predicted molar refractivity (Wildman–Crippen MR) is 53.2 cm³/mol. The molecule has 0 amide bonds. The zero-order chi connectivity index (χ0) is 10.3. The summed E-state index contributed by atoms with van der Waals surface area (Å²) in [7, 11) is 1.49. The van der Waals surface area contributed by atoms with Crippen molar-refractivity contribution < 1.29 is 4.42 Å². The Balaban J connectivity index is 3.11. The summed E-state index contributed by atoms with van der Waals surface area (Å²) in [6.07, 6.45) is 0. The number of rotatable bonds is 0. The molecule has 0 unspecified atom stereocenters. The molecule has 0 N–H and O–H groups in total. The van der Waals surface area contributed by atoms with Crippen LogP contribution in [0.15, 0.2) is 30.7 Å². The summed E-state index contributed by atoms with van der Waals surface area (Å²) >= 11 is 3.16. The lowest BCUT2D eigenvalue weighted by molar-refractivity contribution is 0.431. The van der Waals surface area contributed by atoms with Crippen LogP contribution in [0, 0.1) is 0 Å². The first-order valence-electron chi connectivity index (χ1n) is 3.76. The van der Waals surface area contributed by atoms with Gasteiger partial charge in [0.15, 0.2) is 5.65 Å². The Morgan fingerprint density at radius 2 is 2.14 bits per heavy atom. The Labute approximate surface area is 86.1 Å². The molecule has 6 heteroatoms. The van der Waals surface area contributed by atoms with E-state index in [-0.39, 0.29) is 5.39 Å². The summed E-state index contributed by atoms with van der Waals surface area (Å²) < 4.78 is 6.20. The normalized spacial score (nSPS) is 10.7. The van der Waals surface area contributed by atoms with Gasteiger partial charge < -0.3 is 4.42 Å². The largest absolute Gasteiger partial charge is 0.423 e. The fourth-order valence-corrected chi connectivity index (χ4v) is 1.43. The molecule has 0 radical (unpaired) electrons. The minimum atomic E-state index is -0.715. The van der Waals surface area contributed by atoms with Crippen LogP contribution in [-0.4, -0.2) is 9.55 Å². The molecule has 0 atom stereocenters. The van der Waals surface area contributed by atoms with Crippen LogP contribution in [0.5, 0.6) is 0 Å². The lowest BCUT2D eigenvalue weighted by Gasteiger charge is -2.00. The molecule has 0 aliphatic rings. The Morgan fingerprint density at radius 3 is 2.86 bits per heavy atom. The first-order valence-corrected chi connectivity index (χ1v) is 4.55. The predicted octanol–water partition coefficient (Wildman–Crippen LogP) is 0.649. The van der Waals surface area contributed by atoms with Crippen molar-refractivity contribution in [3.63, 3.8) is 0 Å². The number of aryl methyl sites for hydroxylation is 1. The topological polar surface area (TPSA) is 65.1 Å². The average molecular weight is 257 g/mol. The van der Waals surface area contributed by atoms with E-state index in [1.54, 1.807) is 12.1 Å². The lowest BCUT2D eigenvalue weighted by Crippen LogP contribution is -2.23. The molecule has 2 aromatic rings. The number of halogens is 1. The van der Waals surface area contributed by atoms with Crippen LogP contribution in [-0.2, 0) is 7.05 Å². The van der Waals surface area contributed by atoms with Crippen molar-refractivity contribution in [1.82, 2.24) is 9.55 Å². The fraction of sp³-hybridized carbons (Fsp3) is 0.125. The van der Waals surface area contributed by atoms with E-state index in [1.165, 1.54) is 11.6 Å². The van der Waals surface area contributed by atoms with Gasteiger partial charge in [0.1, 0.15) is 9.99 Å². The summed E-state index contributed by atoms with van der Waals surface area (Å²) in [5.74, 6) is -0.715. The van der Waals surface area contributed by atoms with Gasteiger partial charge in [-0.15, -0.1) is 0 Å². The van der Waals surface area contributed by atoms with Gasteiger partial charge in [0, 0.05) is 7.05 Å². The molecule has 0 aromatic carbocycles. The SMILES string of the molecule is Cn1c(=O)oc(=O)c2ccc(Br)nc21. The first kappa shape index (κ1) is 9.14. The average Bonchev–Trinajstić information content (AvgIpc) is 2.14. The quantitative estimate of drug-likeness (QED) is 0.650. The maximum Gasteiger partial charge on any atom is 0.423 e. The number of hydrogen-bond acceptors (Lipinski definition) is 4. The molecule has 72 valence electrons. The van der Waals surface area contributed by atoms with Gasteiger partial charge in [0.25, 0.3) is 0 Å². The Kier molecular flexibility index (Phi) is 1.99. The van der Waals surface area contributed by atoms with E-state index in [9.17, 15) is 9.59 Å². The van der Waals surface area contributed by atoms with Crippen LogP contribution >= 0.6 is 15.9 Å². The molecule has 2 heterocycles. The molecule has 0 aliphatic heterocycles. The van der Waals surface area contributed by atoms with E-state index >= 15 is 0 Å². The van der Waals surface area contributed by atoms with Gasteiger partial charge in [-0.25, -0.2) is 14.6 Å². The van der Waals surface area contributed by atoms with Crippen LogP contribution in [0.4, 0.5) is 0 Å². The summed E-state index contributed by atoms with van der Waals surface area (Å²) in [6, 6.07) is 3.17. The summed E-state index contributed by atoms with van der Waals surface area (Å²) in [5, 5.41) is 0.287. The summed E-state index contributed by atoms with van der Waals surface area (Å²) in [4.78, 5) is 26.4. The van der Waals surface area contributed by atoms with Crippen LogP contribution in [0.1, 0.15) is 0 Å². The molecular weight excluding hydrogens is 252 g/mol. The second-order valence-electron chi connectivity index (χ2n) is 2.72. The number of nitrogens with zero attached hydrogens (tertiary/aromatic N) is 2. The zero-order valence-electron chi connectivity index (χ0n) is 7.15. The molecule has 0 bridgehead atoms. The molecule has 2 aromatic heterocycles. The standard InChI is InChI=1S/C8H5BrN2O3/c1-11-6-4(2-3-5(9)10-6)7(12)14-8(11)13/h2-3H,1H3. The minimum Gasteiger partial charge on any atom is -0.372 e. The van der Waals surface area contributed by atoms with Crippen LogP contribution < -0.4 is 11.4 Å². The van der Waals surface area contributed by atoms with Crippen LogP contribution in [0.3, 0.4) is 0 Å². The van der Waals surface area contributed by atoms with E-state index in [2.05, 4.69) is 25.3 Å². The number of aromatic nitrogens is 2. The maximum absolute atomic E-state index is 11.2. The fourth-order valence-electron chi connectivity index (χ4n) is 1.13. The van der Waals surface area contributed by atoms with E-state index < -0.39 is 11.4 Å².